The maximum Gasteiger partial charge on any atom is 0.241 e. The predicted octanol–water partition coefficient (Wildman–Crippen LogP) is 3.25. The molecule has 0 spiro atoms. The van der Waals surface area contributed by atoms with Gasteiger partial charge in [-0.15, -0.1) is 0 Å². The van der Waals surface area contributed by atoms with Gasteiger partial charge >= 0.3 is 0 Å². The van der Waals surface area contributed by atoms with Gasteiger partial charge in [0.1, 0.15) is 5.92 Å². The molecular weight excluding hydrogens is 268 g/mol. The Morgan fingerprint density at radius 1 is 1.62 bits per heavy atom. The fourth-order valence-corrected chi connectivity index (χ4v) is 1.53. The molecule has 0 aliphatic heterocycles. The molecule has 0 aromatic heterocycles. The summed E-state index contributed by atoms with van der Waals surface area (Å²) in [6.07, 6.45) is 0.526. The maximum absolute atomic E-state index is 11.6. The fourth-order valence-electron chi connectivity index (χ4n) is 1.29. The van der Waals surface area contributed by atoms with E-state index in [2.05, 4.69) is 21.2 Å². The monoisotopic (exact) mass is 280 g/mol. The summed E-state index contributed by atoms with van der Waals surface area (Å²) < 4.78 is 0.998. The summed E-state index contributed by atoms with van der Waals surface area (Å²) in [4.78, 5) is 11.6. The molecule has 1 aromatic carbocycles. The van der Waals surface area contributed by atoms with Crippen LogP contribution in [0, 0.1) is 24.2 Å². The van der Waals surface area contributed by atoms with Gasteiger partial charge in [0.25, 0.3) is 0 Å². The Kier molecular flexibility index (Phi) is 4.51. The van der Waals surface area contributed by atoms with E-state index < -0.39 is 5.92 Å². The van der Waals surface area contributed by atoms with Crippen LogP contribution in [0.4, 0.5) is 5.69 Å². The number of nitrogens with zero attached hydrogens (tertiary/aromatic N) is 1. The molecule has 4 heteroatoms. The number of nitrogens with one attached hydrogen (secondary N) is 1. The van der Waals surface area contributed by atoms with Crippen molar-refractivity contribution in [1.29, 1.82) is 5.26 Å². The second kappa shape index (κ2) is 5.66. The van der Waals surface area contributed by atoms with Crippen molar-refractivity contribution in [3.05, 3.63) is 28.2 Å². The number of rotatable bonds is 3. The van der Waals surface area contributed by atoms with Gasteiger partial charge < -0.3 is 5.32 Å². The summed E-state index contributed by atoms with van der Waals surface area (Å²) >= 11 is 3.39. The van der Waals surface area contributed by atoms with Crippen molar-refractivity contribution in [2.24, 2.45) is 5.92 Å². The van der Waals surface area contributed by atoms with Gasteiger partial charge in [0, 0.05) is 10.2 Å². The summed E-state index contributed by atoms with van der Waals surface area (Å²) in [5, 5.41) is 11.5. The summed E-state index contributed by atoms with van der Waals surface area (Å²) in [7, 11) is 0. The highest BCUT2D eigenvalue weighted by Gasteiger charge is 2.15. The highest BCUT2D eigenvalue weighted by atomic mass is 79.9. The molecule has 1 unspecified atom stereocenters. The summed E-state index contributed by atoms with van der Waals surface area (Å²) in [6.45, 7) is 3.77. The number of hydrogen-bond acceptors (Lipinski definition) is 2. The number of carbonyl (C=O) groups is 1. The smallest absolute Gasteiger partial charge is 0.241 e. The van der Waals surface area contributed by atoms with Gasteiger partial charge in [-0.2, -0.15) is 5.26 Å². The van der Waals surface area contributed by atoms with Crippen LogP contribution in [0.25, 0.3) is 0 Å². The van der Waals surface area contributed by atoms with E-state index in [0.717, 1.165) is 15.7 Å². The minimum atomic E-state index is -0.580. The number of anilines is 1. The average molecular weight is 281 g/mol. The largest absolute Gasteiger partial charge is 0.325 e. The number of benzene rings is 1. The van der Waals surface area contributed by atoms with Gasteiger partial charge in [0.05, 0.1) is 6.07 Å². The van der Waals surface area contributed by atoms with E-state index in [1.807, 2.05) is 32.0 Å². The first-order valence-electron chi connectivity index (χ1n) is 5.05. The molecule has 0 aliphatic rings. The molecule has 0 saturated carbocycles. The number of aryl methyl sites for hydroxylation is 1. The molecule has 16 heavy (non-hydrogen) atoms. The molecule has 1 aromatic rings. The summed E-state index contributed by atoms with van der Waals surface area (Å²) in [5.74, 6) is -0.823. The third-order valence-electron chi connectivity index (χ3n) is 2.31. The molecule has 1 N–H and O–H groups in total. The number of halogens is 1. The molecule has 0 aliphatic carbocycles. The van der Waals surface area contributed by atoms with Crippen LogP contribution in [0.15, 0.2) is 22.7 Å². The summed E-state index contributed by atoms with van der Waals surface area (Å²) in [5.41, 5.74) is 1.77. The molecule has 0 saturated heterocycles. The molecule has 0 radical (unpaired) electrons. The van der Waals surface area contributed by atoms with Gasteiger partial charge in [-0.1, -0.05) is 22.9 Å². The van der Waals surface area contributed by atoms with Crippen molar-refractivity contribution in [3.8, 4) is 6.07 Å². The van der Waals surface area contributed by atoms with Crippen molar-refractivity contribution >= 4 is 27.5 Å². The molecule has 0 bridgehead atoms. The third-order valence-corrected chi connectivity index (χ3v) is 3.20. The lowest BCUT2D eigenvalue weighted by molar-refractivity contribution is -0.118. The van der Waals surface area contributed by atoms with E-state index in [0.29, 0.717) is 6.42 Å². The normalized spacial score (nSPS) is 11.6. The topological polar surface area (TPSA) is 52.9 Å². The Hall–Kier alpha value is -1.34. The van der Waals surface area contributed by atoms with Gasteiger partial charge in [-0.25, -0.2) is 0 Å². The minimum absolute atomic E-state index is 0.244. The van der Waals surface area contributed by atoms with E-state index in [9.17, 15) is 4.79 Å². The van der Waals surface area contributed by atoms with Crippen LogP contribution < -0.4 is 5.32 Å². The minimum Gasteiger partial charge on any atom is -0.325 e. The van der Waals surface area contributed by atoms with E-state index in [1.54, 1.807) is 6.07 Å². The lowest BCUT2D eigenvalue weighted by Gasteiger charge is -2.09. The first-order valence-corrected chi connectivity index (χ1v) is 5.84. The summed E-state index contributed by atoms with van der Waals surface area (Å²) in [6, 6.07) is 7.52. The molecule has 84 valence electrons. The third kappa shape index (κ3) is 3.07. The Morgan fingerprint density at radius 3 is 2.81 bits per heavy atom. The van der Waals surface area contributed by atoms with Crippen LogP contribution in [0.3, 0.4) is 0 Å². The SMILES string of the molecule is CCC(C#N)C(=O)Nc1ccc(Br)c(C)c1. The lowest BCUT2D eigenvalue weighted by Crippen LogP contribution is -2.20. The predicted molar refractivity (Wildman–Crippen MR) is 66.9 cm³/mol. The van der Waals surface area contributed by atoms with E-state index in [-0.39, 0.29) is 5.91 Å². The van der Waals surface area contributed by atoms with Crippen molar-refractivity contribution < 1.29 is 4.79 Å². The Labute approximate surface area is 104 Å². The Morgan fingerprint density at radius 2 is 2.31 bits per heavy atom. The molecular formula is C12H13BrN2O. The van der Waals surface area contributed by atoms with Crippen LogP contribution in [0.2, 0.25) is 0 Å². The zero-order valence-corrected chi connectivity index (χ0v) is 10.8. The van der Waals surface area contributed by atoms with Crippen LogP contribution in [0.5, 0.6) is 0 Å². The van der Waals surface area contributed by atoms with Crippen LogP contribution >= 0.6 is 15.9 Å². The molecule has 3 nitrogen and oxygen atoms in total. The van der Waals surface area contributed by atoms with Crippen molar-refractivity contribution in [2.75, 3.05) is 5.32 Å². The van der Waals surface area contributed by atoms with Crippen LogP contribution in [-0.2, 0) is 4.79 Å². The van der Waals surface area contributed by atoms with E-state index >= 15 is 0 Å². The van der Waals surface area contributed by atoms with E-state index in [1.165, 1.54) is 0 Å². The number of carbonyl (C=O) groups excluding carboxylic acids is 1. The molecule has 1 amide bonds. The lowest BCUT2D eigenvalue weighted by atomic mass is 10.1. The zero-order valence-electron chi connectivity index (χ0n) is 9.25. The van der Waals surface area contributed by atoms with Gasteiger partial charge in [0.15, 0.2) is 0 Å². The quantitative estimate of drug-likeness (QED) is 0.924. The second-order valence-corrected chi connectivity index (χ2v) is 4.40. The molecule has 0 heterocycles. The Bertz CT molecular complexity index is 437. The van der Waals surface area contributed by atoms with Crippen molar-refractivity contribution in [3.63, 3.8) is 0 Å². The molecule has 0 fully saturated rings. The van der Waals surface area contributed by atoms with Gasteiger partial charge in [0.2, 0.25) is 5.91 Å². The van der Waals surface area contributed by atoms with Crippen LogP contribution in [0.1, 0.15) is 18.9 Å². The first kappa shape index (κ1) is 12.7. The molecule has 1 rings (SSSR count). The standard InChI is InChI=1S/C12H13BrN2O/c1-3-9(7-14)12(16)15-10-4-5-11(13)8(2)6-10/h4-6,9H,3H2,1-2H3,(H,15,16). The Balaban J connectivity index is 2.78. The van der Waals surface area contributed by atoms with Gasteiger partial charge in [-0.05, 0) is 37.1 Å². The average Bonchev–Trinajstić information content (AvgIpc) is 2.25. The molecule has 1 atom stereocenters. The second-order valence-electron chi connectivity index (χ2n) is 3.54. The number of nitriles is 1. The highest BCUT2D eigenvalue weighted by Crippen LogP contribution is 2.20. The fraction of sp³-hybridized carbons (Fsp3) is 0.333. The number of amides is 1. The van der Waals surface area contributed by atoms with Gasteiger partial charge in [-0.3, -0.25) is 4.79 Å². The van der Waals surface area contributed by atoms with Crippen molar-refractivity contribution in [2.45, 2.75) is 20.3 Å². The zero-order chi connectivity index (χ0) is 12.1. The maximum atomic E-state index is 11.6. The van der Waals surface area contributed by atoms with Crippen LogP contribution in [-0.4, -0.2) is 5.91 Å². The van der Waals surface area contributed by atoms with E-state index in [4.69, 9.17) is 5.26 Å². The van der Waals surface area contributed by atoms with Crippen molar-refractivity contribution in [1.82, 2.24) is 0 Å². The highest BCUT2D eigenvalue weighted by molar-refractivity contribution is 9.10. The first-order chi connectivity index (χ1) is 7.58. The number of hydrogen-bond donors (Lipinski definition) is 1.